The van der Waals surface area contributed by atoms with Gasteiger partial charge in [0.25, 0.3) is 5.91 Å². The van der Waals surface area contributed by atoms with Crippen molar-refractivity contribution in [2.45, 2.75) is 19.5 Å². The summed E-state index contributed by atoms with van der Waals surface area (Å²) in [4.78, 5) is 32.0. The van der Waals surface area contributed by atoms with Gasteiger partial charge in [0.05, 0.1) is 0 Å². The standard InChI is InChI=1S/C8H10N2O4/c1-3-5(11)9-7(8(13)14)10-6(12)4-2/h1,7H,4H2,2H3,(H,9,11)(H,10,12)(H,13,14). The van der Waals surface area contributed by atoms with E-state index in [1.54, 1.807) is 12.8 Å². The van der Waals surface area contributed by atoms with Crippen LogP contribution in [0.15, 0.2) is 0 Å². The minimum Gasteiger partial charge on any atom is -0.478 e. The van der Waals surface area contributed by atoms with E-state index in [0.717, 1.165) is 0 Å². The Hall–Kier alpha value is -2.03. The lowest BCUT2D eigenvalue weighted by atomic mass is 10.4. The molecule has 0 fully saturated rings. The van der Waals surface area contributed by atoms with Crippen LogP contribution in [0.2, 0.25) is 0 Å². The van der Waals surface area contributed by atoms with Gasteiger partial charge in [-0.1, -0.05) is 6.92 Å². The van der Waals surface area contributed by atoms with Gasteiger partial charge in [-0.3, -0.25) is 9.59 Å². The van der Waals surface area contributed by atoms with Crippen molar-refractivity contribution >= 4 is 17.8 Å². The highest BCUT2D eigenvalue weighted by atomic mass is 16.4. The Morgan fingerprint density at radius 2 is 2.00 bits per heavy atom. The molecule has 0 aromatic rings. The highest BCUT2D eigenvalue weighted by Gasteiger charge is 2.20. The number of hydrogen-bond acceptors (Lipinski definition) is 3. The molecule has 1 atom stereocenters. The third kappa shape index (κ3) is 4.11. The van der Waals surface area contributed by atoms with Crippen molar-refractivity contribution in [1.82, 2.24) is 10.6 Å². The van der Waals surface area contributed by atoms with Gasteiger partial charge in [-0.25, -0.2) is 4.79 Å². The number of hydrogen-bond donors (Lipinski definition) is 3. The second kappa shape index (κ2) is 5.59. The van der Waals surface area contributed by atoms with Gasteiger partial charge < -0.3 is 15.7 Å². The topological polar surface area (TPSA) is 95.5 Å². The highest BCUT2D eigenvalue weighted by Crippen LogP contribution is 1.82. The molecule has 0 rings (SSSR count). The van der Waals surface area contributed by atoms with E-state index >= 15 is 0 Å². The van der Waals surface area contributed by atoms with Gasteiger partial charge in [0.2, 0.25) is 12.1 Å². The smallest absolute Gasteiger partial charge is 0.347 e. The van der Waals surface area contributed by atoms with E-state index < -0.39 is 23.9 Å². The first-order valence-electron chi connectivity index (χ1n) is 3.80. The molecule has 0 aliphatic carbocycles. The van der Waals surface area contributed by atoms with Crippen LogP contribution in [-0.4, -0.2) is 29.1 Å². The summed E-state index contributed by atoms with van der Waals surface area (Å²) >= 11 is 0. The molecular weight excluding hydrogens is 188 g/mol. The molecule has 1 unspecified atom stereocenters. The average molecular weight is 198 g/mol. The number of amides is 2. The number of nitrogens with one attached hydrogen (secondary N) is 2. The van der Waals surface area contributed by atoms with Crippen molar-refractivity contribution < 1.29 is 19.5 Å². The minimum absolute atomic E-state index is 0.121. The lowest BCUT2D eigenvalue weighted by Gasteiger charge is -2.13. The van der Waals surface area contributed by atoms with E-state index in [-0.39, 0.29) is 6.42 Å². The molecule has 0 spiro atoms. The molecule has 0 aromatic heterocycles. The number of carboxylic acid groups (broad SMARTS) is 1. The van der Waals surface area contributed by atoms with Crippen molar-refractivity contribution in [3.63, 3.8) is 0 Å². The first kappa shape index (κ1) is 12.0. The Labute approximate surface area is 80.7 Å². The van der Waals surface area contributed by atoms with Crippen LogP contribution >= 0.6 is 0 Å². The molecule has 14 heavy (non-hydrogen) atoms. The predicted molar refractivity (Wildman–Crippen MR) is 46.8 cm³/mol. The van der Waals surface area contributed by atoms with Crippen LogP contribution in [0.25, 0.3) is 0 Å². The molecular formula is C8H10N2O4. The lowest BCUT2D eigenvalue weighted by molar-refractivity contribution is -0.144. The molecule has 0 aliphatic rings. The zero-order valence-electron chi connectivity index (χ0n) is 7.53. The normalized spacial score (nSPS) is 10.9. The second-order valence-electron chi connectivity index (χ2n) is 2.31. The number of carbonyl (C=O) groups is 3. The Morgan fingerprint density at radius 1 is 1.43 bits per heavy atom. The van der Waals surface area contributed by atoms with Crippen LogP contribution < -0.4 is 10.6 Å². The van der Waals surface area contributed by atoms with Gasteiger partial charge in [0.15, 0.2) is 0 Å². The highest BCUT2D eigenvalue weighted by molar-refractivity contribution is 5.96. The predicted octanol–water partition coefficient (Wildman–Crippen LogP) is -1.33. The Morgan fingerprint density at radius 3 is 2.36 bits per heavy atom. The lowest BCUT2D eigenvalue weighted by Crippen LogP contribution is -2.52. The Kier molecular flexibility index (Phi) is 4.78. The molecule has 0 heterocycles. The molecule has 0 aliphatic heterocycles. The maximum atomic E-state index is 10.8. The Balaban J connectivity index is 4.32. The zero-order chi connectivity index (χ0) is 11.1. The summed E-state index contributed by atoms with van der Waals surface area (Å²) < 4.78 is 0. The summed E-state index contributed by atoms with van der Waals surface area (Å²) in [5.74, 6) is -1.09. The van der Waals surface area contributed by atoms with E-state index in [1.807, 2.05) is 5.32 Å². The van der Waals surface area contributed by atoms with Gasteiger partial charge in [0.1, 0.15) is 0 Å². The SMILES string of the molecule is C#CC(=O)NC(NC(=O)CC)C(=O)O. The Bertz CT molecular complexity index is 292. The number of rotatable bonds is 4. The molecule has 0 radical (unpaired) electrons. The first-order valence-corrected chi connectivity index (χ1v) is 3.80. The molecule has 0 bridgehead atoms. The van der Waals surface area contributed by atoms with Crippen molar-refractivity contribution in [3.05, 3.63) is 0 Å². The fourth-order valence-electron chi connectivity index (χ4n) is 0.595. The summed E-state index contributed by atoms with van der Waals surface area (Å²) in [6, 6.07) is 0. The molecule has 6 nitrogen and oxygen atoms in total. The third-order valence-electron chi connectivity index (χ3n) is 1.28. The van der Waals surface area contributed by atoms with Crippen LogP contribution in [0.3, 0.4) is 0 Å². The van der Waals surface area contributed by atoms with Crippen LogP contribution in [0.5, 0.6) is 0 Å². The molecule has 6 heteroatoms. The van der Waals surface area contributed by atoms with E-state index in [1.165, 1.54) is 0 Å². The zero-order valence-corrected chi connectivity index (χ0v) is 7.53. The third-order valence-corrected chi connectivity index (χ3v) is 1.28. The van der Waals surface area contributed by atoms with Gasteiger partial charge >= 0.3 is 5.97 Å². The molecule has 2 amide bonds. The number of terminal acetylenes is 1. The van der Waals surface area contributed by atoms with Crippen molar-refractivity contribution in [2.24, 2.45) is 0 Å². The summed E-state index contributed by atoms with van der Waals surface area (Å²) in [6.07, 6.45) is 3.36. The van der Waals surface area contributed by atoms with Crippen LogP contribution in [0, 0.1) is 12.3 Å². The van der Waals surface area contributed by atoms with Gasteiger partial charge in [-0.15, -0.1) is 6.42 Å². The first-order chi connectivity index (χ1) is 6.51. The largest absolute Gasteiger partial charge is 0.478 e. The van der Waals surface area contributed by atoms with E-state index in [2.05, 4.69) is 5.32 Å². The maximum absolute atomic E-state index is 10.8. The second-order valence-corrected chi connectivity index (χ2v) is 2.31. The monoisotopic (exact) mass is 198 g/mol. The molecule has 76 valence electrons. The summed E-state index contributed by atoms with van der Waals surface area (Å²) in [7, 11) is 0. The van der Waals surface area contributed by atoms with Gasteiger partial charge in [-0.2, -0.15) is 0 Å². The van der Waals surface area contributed by atoms with Crippen molar-refractivity contribution in [1.29, 1.82) is 0 Å². The molecule has 0 aromatic carbocycles. The summed E-state index contributed by atoms with van der Waals surface area (Å²) in [6.45, 7) is 1.55. The average Bonchev–Trinajstić information content (AvgIpc) is 2.16. The fraction of sp³-hybridized carbons (Fsp3) is 0.375. The van der Waals surface area contributed by atoms with E-state index in [4.69, 9.17) is 11.5 Å². The van der Waals surface area contributed by atoms with E-state index in [9.17, 15) is 14.4 Å². The van der Waals surface area contributed by atoms with Crippen molar-refractivity contribution in [3.8, 4) is 12.3 Å². The number of carboxylic acids is 1. The van der Waals surface area contributed by atoms with Crippen molar-refractivity contribution in [2.75, 3.05) is 0 Å². The quantitative estimate of drug-likeness (QED) is 0.385. The summed E-state index contributed by atoms with van der Waals surface area (Å²) in [5, 5.41) is 12.6. The maximum Gasteiger partial charge on any atom is 0.347 e. The number of carbonyl (C=O) groups excluding carboxylic acids is 2. The van der Waals surface area contributed by atoms with Gasteiger partial charge in [-0.05, 0) is 5.92 Å². The summed E-state index contributed by atoms with van der Waals surface area (Å²) in [5.41, 5.74) is 0. The fourth-order valence-corrected chi connectivity index (χ4v) is 0.595. The molecule has 0 saturated carbocycles. The number of aliphatic carboxylic acids is 1. The van der Waals surface area contributed by atoms with Crippen LogP contribution in [0.4, 0.5) is 0 Å². The molecule has 0 saturated heterocycles. The van der Waals surface area contributed by atoms with Crippen LogP contribution in [0.1, 0.15) is 13.3 Å². The minimum atomic E-state index is -1.48. The molecule has 3 N–H and O–H groups in total. The van der Waals surface area contributed by atoms with Gasteiger partial charge in [0, 0.05) is 6.42 Å². The van der Waals surface area contributed by atoms with Crippen LogP contribution in [-0.2, 0) is 14.4 Å². The van der Waals surface area contributed by atoms with E-state index in [0.29, 0.717) is 0 Å².